The fraction of sp³-hybridized carbons (Fsp3) is 0.222. The van der Waals surface area contributed by atoms with Gasteiger partial charge in [-0.1, -0.05) is 5.92 Å². The molecule has 0 bridgehead atoms. The summed E-state index contributed by atoms with van der Waals surface area (Å²) < 4.78 is 0. The van der Waals surface area contributed by atoms with E-state index in [1.165, 1.54) is 0 Å². The van der Waals surface area contributed by atoms with Crippen LogP contribution < -0.4 is 5.32 Å². The van der Waals surface area contributed by atoms with Crippen molar-refractivity contribution in [2.75, 3.05) is 7.05 Å². The smallest absolute Gasteiger partial charge is 0.0429 e. The van der Waals surface area contributed by atoms with Gasteiger partial charge >= 0.3 is 0 Å². The monoisotopic (exact) mass is 146 g/mol. The maximum atomic E-state index is 5.20. The summed E-state index contributed by atoms with van der Waals surface area (Å²) in [6, 6.07) is 1.95. The summed E-state index contributed by atoms with van der Waals surface area (Å²) in [7, 11) is 1.89. The topological polar surface area (TPSA) is 24.9 Å². The first-order valence-corrected chi connectivity index (χ1v) is 3.42. The number of aromatic nitrogens is 1. The van der Waals surface area contributed by atoms with Crippen molar-refractivity contribution >= 4 is 0 Å². The highest BCUT2D eigenvalue weighted by atomic mass is 14.8. The van der Waals surface area contributed by atoms with E-state index in [0.717, 1.165) is 17.7 Å². The van der Waals surface area contributed by atoms with Gasteiger partial charge in [-0.2, -0.15) is 0 Å². The molecule has 1 rings (SSSR count). The number of nitrogens with one attached hydrogen (secondary N) is 1. The van der Waals surface area contributed by atoms with Crippen molar-refractivity contribution < 1.29 is 0 Å². The number of nitrogens with zero attached hydrogens (tertiary/aromatic N) is 1. The molecule has 11 heavy (non-hydrogen) atoms. The van der Waals surface area contributed by atoms with Gasteiger partial charge in [0.15, 0.2) is 0 Å². The summed E-state index contributed by atoms with van der Waals surface area (Å²) in [6.07, 6.45) is 8.69. The van der Waals surface area contributed by atoms with Crippen molar-refractivity contribution in [1.29, 1.82) is 0 Å². The third-order valence-corrected chi connectivity index (χ3v) is 1.34. The maximum Gasteiger partial charge on any atom is 0.0429 e. The van der Waals surface area contributed by atoms with Crippen LogP contribution in [0.4, 0.5) is 0 Å². The first-order chi connectivity index (χ1) is 5.36. The number of rotatable bonds is 2. The molecule has 0 aliphatic rings. The maximum absolute atomic E-state index is 5.20. The van der Waals surface area contributed by atoms with Crippen LogP contribution in [0.3, 0.4) is 0 Å². The van der Waals surface area contributed by atoms with Crippen LogP contribution in [-0.2, 0) is 6.54 Å². The second kappa shape index (κ2) is 3.75. The average molecular weight is 146 g/mol. The van der Waals surface area contributed by atoms with Gasteiger partial charge in [-0.15, -0.1) is 6.42 Å². The summed E-state index contributed by atoms with van der Waals surface area (Å²) in [5.41, 5.74) is 1.95. The minimum absolute atomic E-state index is 0.808. The van der Waals surface area contributed by atoms with Crippen molar-refractivity contribution in [2.24, 2.45) is 0 Å². The van der Waals surface area contributed by atoms with Gasteiger partial charge < -0.3 is 5.32 Å². The molecule has 0 aliphatic heterocycles. The van der Waals surface area contributed by atoms with E-state index in [0.29, 0.717) is 0 Å². The quantitative estimate of drug-likeness (QED) is 0.624. The Labute approximate surface area is 66.7 Å². The molecule has 0 spiro atoms. The van der Waals surface area contributed by atoms with Crippen LogP contribution in [0.25, 0.3) is 0 Å². The lowest BCUT2D eigenvalue weighted by Crippen LogP contribution is -2.05. The van der Waals surface area contributed by atoms with Crippen LogP contribution in [-0.4, -0.2) is 12.0 Å². The Kier molecular flexibility index (Phi) is 2.65. The van der Waals surface area contributed by atoms with E-state index in [1.54, 1.807) is 12.4 Å². The second-order valence-corrected chi connectivity index (χ2v) is 2.26. The van der Waals surface area contributed by atoms with Gasteiger partial charge in [-0.25, -0.2) is 0 Å². The van der Waals surface area contributed by atoms with Crippen molar-refractivity contribution in [2.45, 2.75) is 6.54 Å². The van der Waals surface area contributed by atoms with Gasteiger partial charge in [-0.05, 0) is 18.7 Å². The molecule has 0 fully saturated rings. The highest BCUT2D eigenvalue weighted by molar-refractivity contribution is 5.31. The van der Waals surface area contributed by atoms with Gasteiger partial charge in [0.05, 0.1) is 0 Å². The first kappa shape index (κ1) is 7.77. The highest BCUT2D eigenvalue weighted by Crippen LogP contribution is 1.99. The zero-order chi connectivity index (χ0) is 8.10. The summed E-state index contributed by atoms with van der Waals surface area (Å²) in [6.45, 7) is 0.808. The van der Waals surface area contributed by atoms with Gasteiger partial charge in [-0.3, -0.25) is 4.98 Å². The van der Waals surface area contributed by atoms with Crippen LogP contribution in [0.15, 0.2) is 18.5 Å². The molecule has 0 aromatic carbocycles. The molecule has 56 valence electrons. The number of pyridine rings is 1. The van der Waals surface area contributed by atoms with Crippen LogP contribution in [0.2, 0.25) is 0 Å². The normalized spacial score (nSPS) is 9.09. The van der Waals surface area contributed by atoms with E-state index in [9.17, 15) is 0 Å². The lowest BCUT2D eigenvalue weighted by molar-refractivity contribution is 0.813. The molecule has 0 radical (unpaired) electrons. The molecule has 0 amide bonds. The molecular weight excluding hydrogens is 136 g/mol. The van der Waals surface area contributed by atoms with E-state index in [2.05, 4.69) is 16.2 Å². The Morgan fingerprint density at radius 3 is 3.09 bits per heavy atom. The highest BCUT2D eigenvalue weighted by Gasteiger charge is 1.91. The number of hydrogen-bond donors (Lipinski definition) is 1. The summed E-state index contributed by atoms with van der Waals surface area (Å²) in [4.78, 5) is 3.99. The molecule has 0 unspecified atom stereocenters. The molecule has 1 aromatic rings. The van der Waals surface area contributed by atoms with Gasteiger partial charge in [0, 0.05) is 24.5 Å². The number of terminal acetylenes is 1. The number of hydrogen-bond acceptors (Lipinski definition) is 2. The first-order valence-electron chi connectivity index (χ1n) is 3.42. The van der Waals surface area contributed by atoms with Crippen molar-refractivity contribution in [3.8, 4) is 12.3 Å². The van der Waals surface area contributed by atoms with Crippen LogP contribution in [0.5, 0.6) is 0 Å². The Balaban J connectivity index is 2.85. The Bertz CT molecular complexity index is 273. The molecule has 2 nitrogen and oxygen atoms in total. The van der Waals surface area contributed by atoms with Crippen LogP contribution in [0.1, 0.15) is 11.1 Å². The van der Waals surface area contributed by atoms with Gasteiger partial charge in [0.25, 0.3) is 0 Å². The van der Waals surface area contributed by atoms with Crippen molar-refractivity contribution in [3.05, 3.63) is 29.6 Å². The minimum atomic E-state index is 0.808. The van der Waals surface area contributed by atoms with Crippen molar-refractivity contribution in [1.82, 2.24) is 10.3 Å². The molecular formula is C9H10N2. The summed E-state index contributed by atoms with van der Waals surface area (Å²) in [5, 5.41) is 3.03. The van der Waals surface area contributed by atoms with Crippen LogP contribution in [0, 0.1) is 12.3 Å². The Morgan fingerprint density at radius 1 is 1.64 bits per heavy atom. The molecule has 2 heteroatoms. The molecule has 1 N–H and O–H groups in total. The fourth-order valence-electron chi connectivity index (χ4n) is 0.867. The molecule has 1 heterocycles. The van der Waals surface area contributed by atoms with E-state index < -0.39 is 0 Å². The third kappa shape index (κ3) is 2.06. The molecule has 0 aliphatic carbocycles. The third-order valence-electron chi connectivity index (χ3n) is 1.34. The Hall–Kier alpha value is -1.33. The SMILES string of the molecule is C#Cc1cncc(CNC)c1. The molecule has 1 aromatic heterocycles. The van der Waals surface area contributed by atoms with E-state index >= 15 is 0 Å². The average Bonchev–Trinajstić information content (AvgIpc) is 2.06. The minimum Gasteiger partial charge on any atom is -0.316 e. The Morgan fingerprint density at radius 2 is 2.45 bits per heavy atom. The standard InChI is InChI=1S/C9H10N2/c1-3-8-4-9(5-10-2)7-11-6-8/h1,4,6-7,10H,5H2,2H3. The summed E-state index contributed by atoms with van der Waals surface area (Å²) in [5.74, 6) is 2.54. The zero-order valence-corrected chi connectivity index (χ0v) is 6.46. The van der Waals surface area contributed by atoms with E-state index in [4.69, 9.17) is 6.42 Å². The second-order valence-electron chi connectivity index (χ2n) is 2.26. The van der Waals surface area contributed by atoms with Gasteiger partial charge in [0.1, 0.15) is 0 Å². The van der Waals surface area contributed by atoms with Gasteiger partial charge in [0.2, 0.25) is 0 Å². The lowest BCUT2D eigenvalue weighted by Gasteiger charge is -1.98. The van der Waals surface area contributed by atoms with Crippen molar-refractivity contribution in [3.63, 3.8) is 0 Å². The fourth-order valence-corrected chi connectivity index (χ4v) is 0.867. The predicted molar refractivity (Wildman–Crippen MR) is 44.9 cm³/mol. The largest absolute Gasteiger partial charge is 0.316 e. The van der Waals surface area contributed by atoms with E-state index in [1.807, 2.05) is 13.1 Å². The van der Waals surface area contributed by atoms with E-state index in [-0.39, 0.29) is 0 Å². The lowest BCUT2D eigenvalue weighted by atomic mass is 10.2. The molecule has 0 saturated carbocycles. The summed E-state index contributed by atoms with van der Waals surface area (Å²) >= 11 is 0. The zero-order valence-electron chi connectivity index (χ0n) is 6.46. The van der Waals surface area contributed by atoms with Crippen LogP contribution >= 0.6 is 0 Å². The predicted octanol–water partition coefficient (Wildman–Crippen LogP) is 0.782. The molecule has 0 atom stereocenters. The molecule has 0 saturated heterocycles.